The summed E-state index contributed by atoms with van der Waals surface area (Å²) in [6.07, 6.45) is 3.74. The number of carbonyl (C=O) groups is 1. The lowest BCUT2D eigenvalue weighted by Gasteiger charge is -2.35. The van der Waals surface area contributed by atoms with E-state index in [9.17, 15) is 4.79 Å². The van der Waals surface area contributed by atoms with E-state index in [1.807, 2.05) is 4.90 Å². The smallest absolute Gasteiger partial charge is 0.252 e. The monoisotopic (exact) mass is 227 g/mol. The molecule has 16 heavy (non-hydrogen) atoms. The Kier molecular flexibility index (Phi) is 5.26. The van der Waals surface area contributed by atoms with Gasteiger partial charge in [0.15, 0.2) is 0 Å². The van der Waals surface area contributed by atoms with Crippen LogP contribution < -0.4 is 0 Å². The van der Waals surface area contributed by atoms with E-state index in [0.717, 1.165) is 32.3 Å². The minimum absolute atomic E-state index is 0.178. The number of ether oxygens (including phenoxy) is 1. The molecule has 0 aromatic heterocycles. The zero-order valence-electron chi connectivity index (χ0n) is 11.0. The summed E-state index contributed by atoms with van der Waals surface area (Å²) in [7, 11) is 0. The molecule has 1 aliphatic rings. The lowest BCUT2D eigenvalue weighted by Crippen LogP contribution is -2.48. The van der Waals surface area contributed by atoms with Crippen LogP contribution in [0, 0.1) is 0 Å². The van der Waals surface area contributed by atoms with Crippen LogP contribution in [-0.2, 0) is 9.53 Å². The molecule has 0 aromatic carbocycles. The molecule has 1 saturated heterocycles. The van der Waals surface area contributed by atoms with Gasteiger partial charge in [0.1, 0.15) is 6.10 Å². The van der Waals surface area contributed by atoms with Gasteiger partial charge in [0.05, 0.1) is 0 Å². The third-order valence-corrected chi connectivity index (χ3v) is 3.59. The fraction of sp³-hybridized carbons (Fsp3) is 0.923. The zero-order valence-corrected chi connectivity index (χ0v) is 11.0. The van der Waals surface area contributed by atoms with Gasteiger partial charge in [-0.25, -0.2) is 0 Å². The second-order valence-corrected chi connectivity index (χ2v) is 4.76. The van der Waals surface area contributed by atoms with Gasteiger partial charge in [0, 0.05) is 18.7 Å². The molecule has 0 aliphatic carbocycles. The van der Waals surface area contributed by atoms with E-state index in [2.05, 4.69) is 27.7 Å². The predicted molar refractivity (Wildman–Crippen MR) is 65.3 cm³/mol. The normalized spacial score (nSPS) is 24.1. The molecule has 0 saturated carbocycles. The lowest BCUT2D eigenvalue weighted by atomic mass is 10.1. The van der Waals surface area contributed by atoms with Crippen molar-refractivity contribution in [3.05, 3.63) is 0 Å². The van der Waals surface area contributed by atoms with Gasteiger partial charge in [0.2, 0.25) is 0 Å². The molecule has 0 aromatic rings. The molecular formula is C13H25NO2. The first kappa shape index (κ1) is 13.5. The van der Waals surface area contributed by atoms with Gasteiger partial charge in [-0.05, 0) is 39.5 Å². The van der Waals surface area contributed by atoms with E-state index in [-0.39, 0.29) is 12.0 Å². The third kappa shape index (κ3) is 2.97. The number of carbonyl (C=O) groups excluding carboxylic acids is 1. The average Bonchev–Trinajstić information content (AvgIpc) is 2.81. The Morgan fingerprint density at radius 2 is 1.88 bits per heavy atom. The number of nitrogens with zero attached hydrogens (tertiary/aromatic N) is 1. The molecule has 3 nitrogen and oxygen atoms in total. The molecule has 3 atom stereocenters. The highest BCUT2D eigenvalue weighted by atomic mass is 16.5. The van der Waals surface area contributed by atoms with Crippen LogP contribution in [0.2, 0.25) is 0 Å². The largest absolute Gasteiger partial charge is 0.368 e. The first-order valence-corrected chi connectivity index (χ1v) is 6.55. The van der Waals surface area contributed by atoms with Crippen molar-refractivity contribution in [2.45, 2.75) is 71.6 Å². The second-order valence-electron chi connectivity index (χ2n) is 4.76. The number of rotatable bonds is 5. The highest BCUT2D eigenvalue weighted by Crippen LogP contribution is 2.20. The zero-order chi connectivity index (χ0) is 12.1. The second kappa shape index (κ2) is 6.24. The standard InChI is InChI=1S/C13H25NO2/c1-5-10(3)14(11(4)6-2)13(15)12-8-7-9-16-12/h10-12H,5-9H2,1-4H3/t10-,11+,12-/m0/s1. The van der Waals surface area contributed by atoms with E-state index in [4.69, 9.17) is 4.74 Å². The Bertz CT molecular complexity index is 214. The maximum atomic E-state index is 12.3. The maximum Gasteiger partial charge on any atom is 0.252 e. The van der Waals surface area contributed by atoms with Gasteiger partial charge < -0.3 is 9.64 Å². The van der Waals surface area contributed by atoms with Crippen molar-refractivity contribution in [2.75, 3.05) is 6.61 Å². The molecule has 1 fully saturated rings. The molecule has 1 amide bonds. The highest BCUT2D eigenvalue weighted by Gasteiger charge is 2.32. The van der Waals surface area contributed by atoms with Crippen LogP contribution >= 0.6 is 0 Å². The van der Waals surface area contributed by atoms with Gasteiger partial charge in [0.25, 0.3) is 5.91 Å². The highest BCUT2D eigenvalue weighted by molar-refractivity contribution is 5.81. The van der Waals surface area contributed by atoms with Crippen LogP contribution in [0.3, 0.4) is 0 Å². The first-order valence-electron chi connectivity index (χ1n) is 6.55. The van der Waals surface area contributed by atoms with Crippen LogP contribution in [0.4, 0.5) is 0 Å². The Hall–Kier alpha value is -0.570. The van der Waals surface area contributed by atoms with E-state index in [1.54, 1.807) is 0 Å². The molecule has 3 heteroatoms. The summed E-state index contributed by atoms with van der Waals surface area (Å²) in [5.41, 5.74) is 0. The molecule has 0 bridgehead atoms. The van der Waals surface area contributed by atoms with E-state index < -0.39 is 0 Å². The molecule has 1 aliphatic heterocycles. The molecule has 0 unspecified atom stereocenters. The van der Waals surface area contributed by atoms with Crippen LogP contribution in [0.5, 0.6) is 0 Å². The van der Waals surface area contributed by atoms with E-state index >= 15 is 0 Å². The van der Waals surface area contributed by atoms with Crippen LogP contribution in [0.1, 0.15) is 53.4 Å². The molecule has 0 radical (unpaired) electrons. The summed E-state index contributed by atoms with van der Waals surface area (Å²) in [6, 6.07) is 0.623. The molecule has 1 heterocycles. The van der Waals surface area contributed by atoms with Crippen molar-refractivity contribution >= 4 is 5.91 Å². The topological polar surface area (TPSA) is 29.5 Å². The van der Waals surface area contributed by atoms with Crippen molar-refractivity contribution in [2.24, 2.45) is 0 Å². The van der Waals surface area contributed by atoms with Crippen LogP contribution in [0.15, 0.2) is 0 Å². The van der Waals surface area contributed by atoms with Crippen molar-refractivity contribution in [1.29, 1.82) is 0 Å². The maximum absolute atomic E-state index is 12.3. The fourth-order valence-electron chi connectivity index (χ4n) is 2.20. The van der Waals surface area contributed by atoms with Crippen molar-refractivity contribution in [3.63, 3.8) is 0 Å². The number of hydrogen-bond donors (Lipinski definition) is 0. The summed E-state index contributed by atoms with van der Waals surface area (Å²) in [4.78, 5) is 14.4. The van der Waals surface area contributed by atoms with Gasteiger partial charge in [-0.1, -0.05) is 13.8 Å². The molecular weight excluding hydrogens is 202 g/mol. The lowest BCUT2D eigenvalue weighted by molar-refractivity contribution is -0.145. The number of hydrogen-bond acceptors (Lipinski definition) is 2. The van der Waals surface area contributed by atoms with Crippen molar-refractivity contribution < 1.29 is 9.53 Å². The first-order chi connectivity index (χ1) is 7.61. The SMILES string of the molecule is CC[C@@H](C)N(C(=O)[C@@H]1CCCO1)[C@@H](C)CC. The molecule has 1 rings (SSSR count). The van der Waals surface area contributed by atoms with Gasteiger partial charge >= 0.3 is 0 Å². The summed E-state index contributed by atoms with van der Waals surface area (Å²) < 4.78 is 5.49. The van der Waals surface area contributed by atoms with Gasteiger partial charge in [-0.2, -0.15) is 0 Å². The van der Waals surface area contributed by atoms with Gasteiger partial charge in [-0.15, -0.1) is 0 Å². The molecule has 94 valence electrons. The average molecular weight is 227 g/mol. The summed E-state index contributed by atoms with van der Waals surface area (Å²) in [6.45, 7) is 9.24. The van der Waals surface area contributed by atoms with Crippen LogP contribution in [-0.4, -0.2) is 35.6 Å². The Morgan fingerprint density at radius 1 is 1.31 bits per heavy atom. The Labute approximate surface area is 99.1 Å². The third-order valence-electron chi connectivity index (χ3n) is 3.59. The van der Waals surface area contributed by atoms with E-state index in [1.165, 1.54) is 0 Å². The molecule has 0 N–H and O–H groups in total. The molecule has 0 spiro atoms. The van der Waals surface area contributed by atoms with Crippen molar-refractivity contribution in [1.82, 2.24) is 4.90 Å². The minimum atomic E-state index is -0.178. The Balaban J connectivity index is 2.70. The Morgan fingerprint density at radius 3 is 2.25 bits per heavy atom. The van der Waals surface area contributed by atoms with E-state index in [0.29, 0.717) is 12.1 Å². The fourth-order valence-corrected chi connectivity index (χ4v) is 2.20. The minimum Gasteiger partial charge on any atom is -0.368 e. The van der Waals surface area contributed by atoms with Crippen molar-refractivity contribution in [3.8, 4) is 0 Å². The van der Waals surface area contributed by atoms with Crippen LogP contribution in [0.25, 0.3) is 0 Å². The summed E-state index contributed by atoms with van der Waals surface area (Å²) >= 11 is 0. The quantitative estimate of drug-likeness (QED) is 0.722. The predicted octanol–water partition coefficient (Wildman–Crippen LogP) is 2.59. The van der Waals surface area contributed by atoms with Gasteiger partial charge in [-0.3, -0.25) is 4.79 Å². The summed E-state index contributed by atoms with van der Waals surface area (Å²) in [5, 5.41) is 0. The summed E-state index contributed by atoms with van der Waals surface area (Å²) in [5.74, 6) is 0.196. The number of amides is 1.